The van der Waals surface area contributed by atoms with Gasteiger partial charge in [0.2, 0.25) is 0 Å². The van der Waals surface area contributed by atoms with Gasteiger partial charge in [-0.05, 0) is 49.7 Å². The molecule has 24 heavy (non-hydrogen) atoms. The Morgan fingerprint density at radius 3 is 2.75 bits per heavy atom. The number of nitrogens with one attached hydrogen (secondary N) is 1. The van der Waals surface area contributed by atoms with E-state index in [9.17, 15) is 13.2 Å². The van der Waals surface area contributed by atoms with E-state index < -0.39 is 9.84 Å². The van der Waals surface area contributed by atoms with Crippen molar-refractivity contribution in [1.82, 2.24) is 9.88 Å². The maximum Gasteiger partial charge on any atom is 0.323 e. The minimum atomic E-state index is -2.94. The molecule has 2 amide bonds. The summed E-state index contributed by atoms with van der Waals surface area (Å²) in [6.07, 6.45) is 6.72. The van der Waals surface area contributed by atoms with Gasteiger partial charge in [-0.25, -0.2) is 18.2 Å². The third-order valence-electron chi connectivity index (χ3n) is 5.49. The summed E-state index contributed by atoms with van der Waals surface area (Å²) in [5, 5.41) is 2.85. The standard InChI is InChI=1S/C17H23N3O3S/c21-16(19-15-5-4-14(10-18-15)13-2-3-13)20-8-1-6-17(11-20)7-9-24(22,23)12-17/h4-5,10,13H,1-3,6-9,11-12H2,(H,18,19,21). The number of anilines is 1. The molecule has 3 aliphatic rings. The Bertz CT molecular complexity index is 743. The first-order chi connectivity index (χ1) is 11.4. The highest BCUT2D eigenvalue weighted by molar-refractivity contribution is 7.91. The van der Waals surface area contributed by atoms with Crippen LogP contribution < -0.4 is 5.32 Å². The number of carbonyl (C=O) groups excluding carboxylic acids is 1. The zero-order valence-corrected chi connectivity index (χ0v) is 14.5. The molecule has 0 bridgehead atoms. The SMILES string of the molecule is O=C(Nc1ccc(C2CC2)cn1)N1CCCC2(CCS(=O)(=O)C2)C1. The first kappa shape index (κ1) is 15.9. The van der Waals surface area contributed by atoms with Crippen molar-refractivity contribution >= 4 is 21.7 Å². The Morgan fingerprint density at radius 1 is 1.29 bits per heavy atom. The van der Waals surface area contributed by atoms with Crippen molar-refractivity contribution in [1.29, 1.82) is 0 Å². The van der Waals surface area contributed by atoms with Crippen molar-refractivity contribution in [3.8, 4) is 0 Å². The van der Waals surface area contributed by atoms with Gasteiger partial charge in [0.15, 0.2) is 9.84 Å². The van der Waals surface area contributed by atoms with E-state index in [1.165, 1.54) is 18.4 Å². The molecule has 3 heterocycles. The van der Waals surface area contributed by atoms with E-state index in [-0.39, 0.29) is 23.0 Å². The molecule has 2 saturated heterocycles. The number of nitrogens with zero attached hydrogens (tertiary/aromatic N) is 2. The monoisotopic (exact) mass is 349 g/mol. The van der Waals surface area contributed by atoms with Crippen LogP contribution in [0.15, 0.2) is 18.3 Å². The van der Waals surface area contributed by atoms with E-state index in [0.29, 0.717) is 31.2 Å². The van der Waals surface area contributed by atoms with Crippen LogP contribution in [-0.4, -0.2) is 48.9 Å². The van der Waals surface area contributed by atoms with Crippen LogP contribution in [0.5, 0.6) is 0 Å². The average molecular weight is 349 g/mol. The van der Waals surface area contributed by atoms with Crippen molar-refractivity contribution in [2.75, 3.05) is 29.9 Å². The molecule has 1 aromatic heterocycles. The molecule has 1 atom stereocenters. The molecule has 1 spiro atoms. The Hall–Kier alpha value is -1.63. The van der Waals surface area contributed by atoms with Crippen LogP contribution in [0.25, 0.3) is 0 Å². The lowest BCUT2D eigenvalue weighted by Gasteiger charge is -2.39. The summed E-state index contributed by atoms with van der Waals surface area (Å²) in [4.78, 5) is 18.6. The van der Waals surface area contributed by atoms with Crippen molar-refractivity contribution in [2.24, 2.45) is 5.41 Å². The topological polar surface area (TPSA) is 79.4 Å². The number of piperidine rings is 1. The number of aromatic nitrogens is 1. The van der Waals surface area contributed by atoms with Crippen LogP contribution in [0.2, 0.25) is 0 Å². The Labute approximate surface area is 142 Å². The summed E-state index contributed by atoms with van der Waals surface area (Å²) in [6.45, 7) is 1.20. The minimum Gasteiger partial charge on any atom is -0.324 e. The molecule has 0 radical (unpaired) electrons. The lowest BCUT2D eigenvalue weighted by Crippen LogP contribution is -2.48. The van der Waals surface area contributed by atoms with Gasteiger partial charge >= 0.3 is 6.03 Å². The van der Waals surface area contributed by atoms with Crippen LogP contribution in [0.3, 0.4) is 0 Å². The van der Waals surface area contributed by atoms with Crippen molar-refractivity contribution in [3.05, 3.63) is 23.9 Å². The fourth-order valence-corrected chi connectivity index (χ4v) is 6.21. The number of urea groups is 1. The van der Waals surface area contributed by atoms with Gasteiger partial charge in [0, 0.05) is 24.7 Å². The molecule has 1 saturated carbocycles. The highest BCUT2D eigenvalue weighted by Crippen LogP contribution is 2.41. The summed E-state index contributed by atoms with van der Waals surface area (Å²) >= 11 is 0. The summed E-state index contributed by atoms with van der Waals surface area (Å²) in [5.41, 5.74) is 0.999. The van der Waals surface area contributed by atoms with E-state index in [2.05, 4.69) is 10.3 Å². The molecule has 1 unspecified atom stereocenters. The minimum absolute atomic E-state index is 0.176. The zero-order chi connectivity index (χ0) is 16.8. The number of amides is 2. The lowest BCUT2D eigenvalue weighted by molar-refractivity contribution is 0.129. The van der Waals surface area contributed by atoms with E-state index in [1.54, 1.807) is 4.90 Å². The lowest BCUT2D eigenvalue weighted by atomic mass is 9.80. The zero-order valence-electron chi connectivity index (χ0n) is 13.7. The molecule has 2 aliphatic heterocycles. The highest BCUT2D eigenvalue weighted by atomic mass is 32.2. The normalized spacial score (nSPS) is 28.9. The molecule has 130 valence electrons. The van der Waals surface area contributed by atoms with Crippen LogP contribution in [0.1, 0.15) is 43.6 Å². The molecule has 1 N–H and O–H groups in total. The Kier molecular flexibility index (Phi) is 3.78. The number of sulfone groups is 1. The number of hydrogen-bond acceptors (Lipinski definition) is 4. The Morgan fingerprint density at radius 2 is 2.12 bits per heavy atom. The van der Waals surface area contributed by atoms with E-state index in [0.717, 1.165) is 12.8 Å². The predicted octanol–water partition coefficient (Wildman–Crippen LogP) is 2.39. The van der Waals surface area contributed by atoms with Crippen LogP contribution >= 0.6 is 0 Å². The molecule has 4 rings (SSSR count). The molecular weight excluding hydrogens is 326 g/mol. The second kappa shape index (κ2) is 5.72. The van der Waals surface area contributed by atoms with E-state index in [4.69, 9.17) is 0 Å². The molecule has 6 nitrogen and oxygen atoms in total. The molecule has 3 fully saturated rings. The van der Waals surface area contributed by atoms with Gasteiger partial charge in [-0.15, -0.1) is 0 Å². The molecule has 0 aromatic carbocycles. The predicted molar refractivity (Wildman–Crippen MR) is 91.7 cm³/mol. The molecule has 1 aliphatic carbocycles. The van der Waals surface area contributed by atoms with Gasteiger partial charge in [-0.2, -0.15) is 0 Å². The number of likely N-dealkylation sites (tertiary alicyclic amines) is 1. The maximum atomic E-state index is 12.5. The summed E-state index contributed by atoms with van der Waals surface area (Å²) < 4.78 is 23.7. The maximum absolute atomic E-state index is 12.5. The first-order valence-electron chi connectivity index (χ1n) is 8.67. The number of rotatable bonds is 2. The van der Waals surface area contributed by atoms with Gasteiger partial charge < -0.3 is 4.90 Å². The van der Waals surface area contributed by atoms with Crippen molar-refractivity contribution in [2.45, 2.75) is 38.0 Å². The second-order valence-electron chi connectivity index (χ2n) is 7.55. The number of hydrogen-bond donors (Lipinski definition) is 1. The first-order valence-corrected chi connectivity index (χ1v) is 10.5. The van der Waals surface area contributed by atoms with Crippen LogP contribution in [-0.2, 0) is 9.84 Å². The number of carbonyl (C=O) groups is 1. The van der Waals surface area contributed by atoms with Crippen molar-refractivity contribution in [3.63, 3.8) is 0 Å². The largest absolute Gasteiger partial charge is 0.324 e. The van der Waals surface area contributed by atoms with Gasteiger partial charge in [-0.3, -0.25) is 5.32 Å². The summed E-state index contributed by atoms with van der Waals surface area (Å²) in [6, 6.07) is 3.71. The van der Waals surface area contributed by atoms with E-state index in [1.807, 2.05) is 18.3 Å². The quantitative estimate of drug-likeness (QED) is 0.889. The smallest absolute Gasteiger partial charge is 0.323 e. The average Bonchev–Trinajstić information content (AvgIpc) is 3.35. The van der Waals surface area contributed by atoms with Crippen molar-refractivity contribution < 1.29 is 13.2 Å². The molecule has 7 heteroatoms. The summed E-state index contributed by atoms with van der Waals surface area (Å²) in [7, 11) is -2.94. The third-order valence-corrected chi connectivity index (χ3v) is 7.37. The molecular formula is C17H23N3O3S. The Balaban J connectivity index is 1.40. The third kappa shape index (κ3) is 3.27. The van der Waals surface area contributed by atoms with Gasteiger partial charge in [0.1, 0.15) is 5.82 Å². The van der Waals surface area contributed by atoms with E-state index >= 15 is 0 Å². The highest BCUT2D eigenvalue weighted by Gasteiger charge is 2.45. The van der Waals surface area contributed by atoms with Gasteiger partial charge in [0.05, 0.1) is 11.5 Å². The summed E-state index contributed by atoms with van der Waals surface area (Å²) in [5.74, 6) is 1.68. The molecule has 1 aromatic rings. The van der Waals surface area contributed by atoms with Gasteiger partial charge in [-0.1, -0.05) is 6.07 Å². The van der Waals surface area contributed by atoms with Crippen LogP contribution in [0.4, 0.5) is 10.6 Å². The fraction of sp³-hybridized carbons (Fsp3) is 0.647. The fourth-order valence-electron chi connectivity index (χ4n) is 4.01. The van der Waals surface area contributed by atoms with Crippen LogP contribution in [0, 0.1) is 5.41 Å². The number of pyridine rings is 1. The van der Waals surface area contributed by atoms with Gasteiger partial charge in [0.25, 0.3) is 0 Å². The second-order valence-corrected chi connectivity index (χ2v) is 9.73.